The molecule has 0 atom stereocenters. The van der Waals surface area contributed by atoms with Crippen molar-refractivity contribution in [3.63, 3.8) is 0 Å². The molecule has 0 aromatic heterocycles. The van der Waals surface area contributed by atoms with Crippen LogP contribution in [-0.4, -0.2) is 38.7 Å². The van der Waals surface area contributed by atoms with Crippen molar-refractivity contribution in [2.45, 2.75) is 6.92 Å². The van der Waals surface area contributed by atoms with Crippen LogP contribution in [0, 0.1) is 0 Å². The minimum Gasteiger partial charge on any atom is -0.493 e. The molecule has 27 heavy (non-hydrogen) atoms. The molecule has 0 unspecified atom stereocenters. The normalized spacial score (nSPS) is 13.7. The molecule has 140 valence electrons. The Morgan fingerprint density at radius 2 is 1.96 bits per heavy atom. The predicted octanol–water partition coefficient (Wildman–Crippen LogP) is 3.95. The van der Waals surface area contributed by atoms with Crippen LogP contribution >= 0.6 is 0 Å². The molecule has 0 saturated carbocycles. The Morgan fingerprint density at radius 1 is 1.19 bits per heavy atom. The molecule has 0 radical (unpaired) electrons. The van der Waals surface area contributed by atoms with Gasteiger partial charge in [0.15, 0.2) is 17.3 Å². The van der Waals surface area contributed by atoms with Gasteiger partial charge in [-0.15, -0.1) is 0 Å². The van der Waals surface area contributed by atoms with Crippen LogP contribution in [0.15, 0.2) is 48.5 Å². The van der Waals surface area contributed by atoms with Crippen molar-refractivity contribution in [1.29, 1.82) is 0 Å². The Hall–Kier alpha value is -3.28. The molecule has 1 heterocycles. The quantitative estimate of drug-likeness (QED) is 0.548. The van der Waals surface area contributed by atoms with Crippen molar-refractivity contribution in [1.82, 2.24) is 0 Å². The Morgan fingerprint density at radius 3 is 2.59 bits per heavy atom. The van der Waals surface area contributed by atoms with Crippen LogP contribution in [0.5, 0.6) is 11.5 Å². The maximum absolute atomic E-state index is 12.4. The van der Waals surface area contributed by atoms with E-state index in [2.05, 4.69) is 0 Å². The lowest BCUT2D eigenvalue weighted by Crippen LogP contribution is -2.23. The van der Waals surface area contributed by atoms with E-state index < -0.39 is 0 Å². The van der Waals surface area contributed by atoms with Gasteiger partial charge in [-0.2, -0.15) is 0 Å². The van der Waals surface area contributed by atoms with E-state index >= 15 is 0 Å². The smallest absolute Gasteiger partial charge is 0.414 e. The molecule has 2 aromatic carbocycles. The van der Waals surface area contributed by atoms with Gasteiger partial charge in [0, 0.05) is 11.3 Å². The molecule has 1 fully saturated rings. The first-order chi connectivity index (χ1) is 13.1. The average molecular weight is 367 g/mol. The molecule has 0 spiro atoms. The summed E-state index contributed by atoms with van der Waals surface area (Å²) in [5.74, 6) is 1.16. The molecule has 1 aliphatic heterocycles. The predicted molar refractivity (Wildman–Crippen MR) is 103 cm³/mol. The molecule has 1 amide bonds. The minimum absolute atomic E-state index is 0.126. The molecule has 1 aliphatic rings. The molecule has 0 N–H and O–H groups in total. The van der Waals surface area contributed by atoms with Crippen molar-refractivity contribution in [2.24, 2.45) is 0 Å². The molecule has 3 rings (SSSR count). The lowest BCUT2D eigenvalue weighted by Gasteiger charge is -2.12. The topological polar surface area (TPSA) is 65.1 Å². The van der Waals surface area contributed by atoms with Gasteiger partial charge in [0.25, 0.3) is 0 Å². The van der Waals surface area contributed by atoms with Crippen LogP contribution in [0.1, 0.15) is 22.8 Å². The third-order valence-corrected chi connectivity index (χ3v) is 4.14. The van der Waals surface area contributed by atoms with Crippen LogP contribution in [0.25, 0.3) is 6.08 Å². The minimum atomic E-state index is -0.362. The second-order valence-electron chi connectivity index (χ2n) is 5.85. The number of methoxy groups -OCH3 is 1. The molecule has 6 heteroatoms. The molecule has 0 bridgehead atoms. The average Bonchev–Trinajstić information content (AvgIpc) is 3.12. The third kappa shape index (κ3) is 4.28. The first-order valence-corrected chi connectivity index (χ1v) is 8.70. The van der Waals surface area contributed by atoms with E-state index in [1.54, 1.807) is 43.5 Å². The van der Waals surface area contributed by atoms with Gasteiger partial charge >= 0.3 is 6.09 Å². The summed E-state index contributed by atoms with van der Waals surface area (Å²) in [5.41, 5.74) is 2.10. The highest BCUT2D eigenvalue weighted by molar-refractivity contribution is 6.07. The summed E-state index contributed by atoms with van der Waals surface area (Å²) in [6.07, 6.45) is 2.88. The molecule has 0 aliphatic carbocycles. The highest BCUT2D eigenvalue weighted by Crippen LogP contribution is 2.28. The summed E-state index contributed by atoms with van der Waals surface area (Å²) in [4.78, 5) is 25.5. The van der Waals surface area contributed by atoms with Crippen molar-refractivity contribution in [3.8, 4) is 11.5 Å². The fourth-order valence-corrected chi connectivity index (χ4v) is 2.77. The van der Waals surface area contributed by atoms with E-state index in [4.69, 9.17) is 14.2 Å². The molecule has 2 aromatic rings. The van der Waals surface area contributed by atoms with Crippen LogP contribution in [0.3, 0.4) is 0 Å². The Labute approximate surface area is 158 Å². The first-order valence-electron chi connectivity index (χ1n) is 8.70. The summed E-state index contributed by atoms with van der Waals surface area (Å²) in [6, 6.07) is 12.4. The monoisotopic (exact) mass is 367 g/mol. The fourth-order valence-electron chi connectivity index (χ4n) is 2.77. The number of hydrogen-bond donors (Lipinski definition) is 0. The molecule has 6 nitrogen and oxygen atoms in total. The largest absolute Gasteiger partial charge is 0.493 e. The van der Waals surface area contributed by atoms with Gasteiger partial charge in [-0.25, -0.2) is 4.79 Å². The second-order valence-corrected chi connectivity index (χ2v) is 5.85. The Balaban J connectivity index is 1.71. The number of ether oxygens (including phenoxy) is 3. The standard InChI is InChI=1S/C21H21NO5/c1-3-26-20-14-15(5-11-19(20)25-2)4-10-18(23)16-6-8-17(9-7-16)22-12-13-27-21(22)24/h4-11,14H,3,12-13H2,1-2H3/b10-4-. The third-order valence-electron chi connectivity index (χ3n) is 4.14. The Kier molecular flexibility index (Phi) is 5.76. The van der Waals surface area contributed by atoms with Gasteiger partial charge in [0.2, 0.25) is 0 Å². The summed E-state index contributed by atoms with van der Waals surface area (Å²) >= 11 is 0. The zero-order valence-corrected chi connectivity index (χ0v) is 15.3. The van der Waals surface area contributed by atoms with Gasteiger partial charge in [0.05, 0.1) is 20.3 Å². The lowest BCUT2D eigenvalue weighted by molar-refractivity contribution is 0.104. The summed E-state index contributed by atoms with van der Waals surface area (Å²) < 4.78 is 15.7. The van der Waals surface area contributed by atoms with E-state index in [9.17, 15) is 9.59 Å². The van der Waals surface area contributed by atoms with Crippen LogP contribution < -0.4 is 14.4 Å². The van der Waals surface area contributed by atoms with E-state index in [0.29, 0.717) is 36.8 Å². The van der Waals surface area contributed by atoms with Crippen molar-refractivity contribution in [2.75, 3.05) is 31.8 Å². The number of benzene rings is 2. The number of cyclic esters (lactones) is 1. The first kappa shape index (κ1) is 18.5. The molecular weight excluding hydrogens is 346 g/mol. The molecular formula is C21H21NO5. The fraction of sp³-hybridized carbons (Fsp3) is 0.238. The number of carbonyl (C=O) groups is 2. The van der Waals surface area contributed by atoms with Crippen LogP contribution in [0.2, 0.25) is 0 Å². The van der Waals surface area contributed by atoms with Gasteiger partial charge in [-0.1, -0.05) is 12.1 Å². The highest BCUT2D eigenvalue weighted by atomic mass is 16.6. The number of ketones is 1. The van der Waals surface area contributed by atoms with Crippen LogP contribution in [-0.2, 0) is 4.74 Å². The second kappa shape index (κ2) is 8.40. The number of carbonyl (C=O) groups excluding carboxylic acids is 2. The van der Waals surface area contributed by atoms with Crippen LogP contribution in [0.4, 0.5) is 10.5 Å². The van der Waals surface area contributed by atoms with Gasteiger partial charge < -0.3 is 14.2 Å². The van der Waals surface area contributed by atoms with Gasteiger partial charge in [-0.3, -0.25) is 9.69 Å². The van der Waals surface area contributed by atoms with Crippen molar-refractivity contribution in [3.05, 3.63) is 59.7 Å². The number of hydrogen-bond acceptors (Lipinski definition) is 5. The number of allylic oxidation sites excluding steroid dienone is 1. The van der Waals surface area contributed by atoms with E-state index in [0.717, 1.165) is 11.3 Å². The van der Waals surface area contributed by atoms with Gasteiger partial charge in [-0.05, 0) is 55.0 Å². The zero-order valence-electron chi connectivity index (χ0n) is 15.3. The van der Waals surface area contributed by atoms with Crippen molar-refractivity contribution >= 4 is 23.6 Å². The van der Waals surface area contributed by atoms with E-state index in [1.807, 2.05) is 19.1 Å². The number of nitrogens with zero attached hydrogens (tertiary/aromatic N) is 1. The molecule has 1 saturated heterocycles. The summed E-state index contributed by atoms with van der Waals surface area (Å²) in [6.45, 7) is 3.33. The van der Waals surface area contributed by atoms with E-state index in [1.165, 1.54) is 11.0 Å². The number of anilines is 1. The zero-order chi connectivity index (χ0) is 19.2. The highest BCUT2D eigenvalue weighted by Gasteiger charge is 2.23. The van der Waals surface area contributed by atoms with Crippen molar-refractivity contribution < 1.29 is 23.8 Å². The number of rotatable bonds is 7. The van der Waals surface area contributed by atoms with Gasteiger partial charge in [0.1, 0.15) is 6.61 Å². The maximum atomic E-state index is 12.4. The maximum Gasteiger partial charge on any atom is 0.414 e. The lowest BCUT2D eigenvalue weighted by atomic mass is 10.1. The summed E-state index contributed by atoms with van der Waals surface area (Å²) in [7, 11) is 1.59. The summed E-state index contributed by atoms with van der Waals surface area (Å²) in [5, 5.41) is 0. The number of amides is 1. The van der Waals surface area contributed by atoms with E-state index in [-0.39, 0.29) is 11.9 Å². The SMILES string of the molecule is CCOc1cc(/C=C\C(=O)c2ccc(N3CCOC3=O)cc2)ccc1OC. The Bertz CT molecular complexity index is 857.